The molecule has 1 amide bonds. The first kappa shape index (κ1) is 18.4. The number of carbonyl (C=O) groups excluding carboxylic acids is 1. The van der Waals surface area contributed by atoms with Gasteiger partial charge in [0.15, 0.2) is 0 Å². The molecule has 0 unspecified atom stereocenters. The Balaban J connectivity index is 0.000000593. The number of anilines is 1. The van der Waals surface area contributed by atoms with Crippen molar-refractivity contribution in [3.05, 3.63) is 53.2 Å². The van der Waals surface area contributed by atoms with E-state index in [1.54, 1.807) is 5.43 Å². The van der Waals surface area contributed by atoms with Crippen LogP contribution in [0, 0.1) is 6.92 Å². The van der Waals surface area contributed by atoms with Gasteiger partial charge < -0.3 is 10.1 Å². The molecule has 6 nitrogen and oxygen atoms in total. The average molecular weight is 316 g/mol. The van der Waals surface area contributed by atoms with E-state index in [1.807, 2.05) is 32.2 Å². The van der Waals surface area contributed by atoms with Gasteiger partial charge in [0, 0.05) is 30.1 Å². The maximum atomic E-state index is 8.94. The van der Waals surface area contributed by atoms with Gasteiger partial charge >= 0.3 is 0 Å². The molecule has 0 aliphatic carbocycles. The van der Waals surface area contributed by atoms with E-state index >= 15 is 0 Å². The van der Waals surface area contributed by atoms with Crippen LogP contribution >= 0.6 is 0 Å². The zero-order valence-electron chi connectivity index (χ0n) is 13.8. The summed E-state index contributed by atoms with van der Waals surface area (Å²) in [5.41, 5.74) is 6.34. The van der Waals surface area contributed by atoms with Gasteiger partial charge in [0.1, 0.15) is 6.61 Å². The Hall–Kier alpha value is -2.60. The zero-order chi connectivity index (χ0) is 17.1. The average Bonchev–Trinajstić information content (AvgIpc) is 2.59. The molecule has 0 bridgehead atoms. The molecule has 0 saturated heterocycles. The number of carbonyl (C=O) groups is 1. The number of amides is 1. The van der Waals surface area contributed by atoms with Crippen molar-refractivity contribution in [3.63, 3.8) is 0 Å². The Morgan fingerprint density at radius 3 is 2.52 bits per heavy atom. The number of pyridine rings is 1. The van der Waals surface area contributed by atoms with Crippen molar-refractivity contribution in [2.45, 2.75) is 26.9 Å². The lowest BCUT2D eigenvalue weighted by Crippen LogP contribution is -2.18. The molecule has 2 rings (SSSR count). The van der Waals surface area contributed by atoms with Gasteiger partial charge in [-0.25, -0.2) is 10.8 Å². The van der Waals surface area contributed by atoms with E-state index in [0.29, 0.717) is 18.9 Å². The third kappa shape index (κ3) is 5.96. The summed E-state index contributed by atoms with van der Waals surface area (Å²) in [5.74, 6) is 5.08. The molecule has 2 aromatic rings. The molecule has 0 aliphatic rings. The van der Waals surface area contributed by atoms with Crippen LogP contribution in [0.4, 0.5) is 5.69 Å². The fourth-order valence-corrected chi connectivity index (χ4v) is 2.12. The Labute approximate surface area is 137 Å². The third-order valence-corrected chi connectivity index (χ3v) is 3.22. The van der Waals surface area contributed by atoms with Gasteiger partial charge in [-0.15, -0.1) is 0 Å². The Morgan fingerprint density at radius 2 is 1.96 bits per heavy atom. The third-order valence-electron chi connectivity index (χ3n) is 3.22. The van der Waals surface area contributed by atoms with Gasteiger partial charge in [-0.2, -0.15) is 0 Å². The molecule has 1 aromatic carbocycles. The highest BCUT2D eigenvalue weighted by Gasteiger charge is 2.07. The summed E-state index contributed by atoms with van der Waals surface area (Å²) in [5, 5.41) is 3.22. The molecule has 0 radical (unpaired) electrons. The zero-order valence-corrected chi connectivity index (χ0v) is 13.8. The van der Waals surface area contributed by atoms with Crippen molar-refractivity contribution in [1.82, 2.24) is 10.4 Å². The molecule has 0 spiro atoms. The minimum atomic E-state index is 0.403. The van der Waals surface area contributed by atoms with Crippen LogP contribution < -0.4 is 21.3 Å². The molecule has 23 heavy (non-hydrogen) atoms. The maximum Gasteiger partial charge on any atom is 0.221 e. The fraction of sp³-hybridized carbons (Fsp3) is 0.294. The molecule has 4 N–H and O–H groups in total. The Morgan fingerprint density at radius 1 is 1.26 bits per heavy atom. The van der Waals surface area contributed by atoms with E-state index in [2.05, 4.69) is 41.3 Å². The Bertz CT molecular complexity index is 595. The monoisotopic (exact) mass is 316 g/mol. The van der Waals surface area contributed by atoms with Crippen LogP contribution in [-0.4, -0.2) is 18.4 Å². The van der Waals surface area contributed by atoms with Gasteiger partial charge in [0.2, 0.25) is 12.3 Å². The number of hydrogen-bond acceptors (Lipinski definition) is 5. The highest BCUT2D eigenvalue weighted by Crippen LogP contribution is 2.22. The molecular formula is C17H24N4O2. The van der Waals surface area contributed by atoms with E-state index in [-0.39, 0.29) is 0 Å². The van der Waals surface area contributed by atoms with Gasteiger partial charge in [-0.1, -0.05) is 25.1 Å². The summed E-state index contributed by atoms with van der Waals surface area (Å²) in [7, 11) is 1.93. The van der Waals surface area contributed by atoms with Crippen molar-refractivity contribution in [2.75, 3.05) is 12.4 Å². The summed E-state index contributed by atoms with van der Waals surface area (Å²) in [6.07, 6.45) is 1.40. The molecule has 124 valence electrons. The number of aryl methyl sites for hydroxylation is 2. The van der Waals surface area contributed by atoms with Gasteiger partial charge in [0.05, 0.1) is 0 Å². The van der Waals surface area contributed by atoms with Crippen LogP contribution in [0.1, 0.15) is 23.7 Å². The molecule has 6 heteroatoms. The van der Waals surface area contributed by atoms with Crippen LogP contribution in [0.15, 0.2) is 36.4 Å². The lowest BCUT2D eigenvalue weighted by molar-refractivity contribution is -0.109. The quantitative estimate of drug-likeness (QED) is 0.329. The number of nitrogens with zero attached hydrogens (tertiary/aromatic N) is 1. The highest BCUT2D eigenvalue weighted by molar-refractivity contribution is 5.54. The number of hydrogen-bond donors (Lipinski definition) is 3. The summed E-state index contributed by atoms with van der Waals surface area (Å²) < 4.78 is 5.81. The predicted octanol–water partition coefficient (Wildman–Crippen LogP) is 2.18. The number of benzene rings is 1. The van der Waals surface area contributed by atoms with Gasteiger partial charge in [0.25, 0.3) is 0 Å². The second-order valence-electron chi connectivity index (χ2n) is 4.74. The molecule has 0 aliphatic heterocycles. The minimum Gasteiger partial charge on any atom is -0.473 e. The molecule has 0 fully saturated rings. The maximum absolute atomic E-state index is 8.94. The number of nitrogens with two attached hydrogens (primary N) is 1. The van der Waals surface area contributed by atoms with E-state index in [4.69, 9.17) is 9.53 Å². The fourth-order valence-electron chi connectivity index (χ4n) is 2.12. The van der Waals surface area contributed by atoms with Crippen molar-refractivity contribution in [3.8, 4) is 5.88 Å². The van der Waals surface area contributed by atoms with Crippen LogP contribution in [0.2, 0.25) is 0 Å². The van der Waals surface area contributed by atoms with Crippen LogP contribution in [-0.2, 0) is 17.8 Å². The largest absolute Gasteiger partial charge is 0.473 e. The van der Waals surface area contributed by atoms with E-state index < -0.39 is 0 Å². The standard InChI is InChI=1S/C16H20N2O.CH4N2O/c1-4-13-8-6-9-15(17-3)14(13)11-19-16-10-5-7-12(2)18-16;2-3-1-4/h5-10,17H,4,11H2,1-3H3;1H,2H2,(H,3,4). The topological polar surface area (TPSA) is 89.3 Å². The molecule has 0 saturated carbocycles. The molecule has 1 aromatic heterocycles. The minimum absolute atomic E-state index is 0.403. The lowest BCUT2D eigenvalue weighted by atomic mass is 10.0. The first-order valence-electron chi connectivity index (χ1n) is 7.41. The number of ether oxygens (including phenoxy) is 1. The Kier molecular flexibility index (Phi) is 8.17. The SMILES string of the molecule is CCc1cccc(NC)c1COc1cccc(C)n1.NNC=O. The molecule has 1 heterocycles. The van der Waals surface area contributed by atoms with Crippen molar-refractivity contribution in [1.29, 1.82) is 0 Å². The van der Waals surface area contributed by atoms with E-state index in [0.717, 1.165) is 17.8 Å². The van der Waals surface area contributed by atoms with Crippen molar-refractivity contribution < 1.29 is 9.53 Å². The first-order chi connectivity index (χ1) is 11.2. The van der Waals surface area contributed by atoms with Crippen LogP contribution in [0.5, 0.6) is 5.88 Å². The van der Waals surface area contributed by atoms with Crippen molar-refractivity contribution in [2.24, 2.45) is 5.84 Å². The number of rotatable bonds is 6. The second kappa shape index (κ2) is 10.2. The number of nitrogens with one attached hydrogen (secondary N) is 2. The number of aromatic nitrogens is 1. The van der Waals surface area contributed by atoms with Crippen LogP contribution in [0.25, 0.3) is 0 Å². The number of hydrazine groups is 1. The van der Waals surface area contributed by atoms with Crippen LogP contribution in [0.3, 0.4) is 0 Å². The molecule has 0 atom stereocenters. The van der Waals surface area contributed by atoms with Gasteiger partial charge in [-0.05, 0) is 31.0 Å². The second-order valence-corrected chi connectivity index (χ2v) is 4.74. The summed E-state index contributed by atoms with van der Waals surface area (Å²) in [6, 6.07) is 12.1. The van der Waals surface area contributed by atoms with E-state index in [9.17, 15) is 0 Å². The summed E-state index contributed by atoms with van der Waals surface area (Å²) in [4.78, 5) is 13.3. The summed E-state index contributed by atoms with van der Waals surface area (Å²) in [6.45, 7) is 4.66. The van der Waals surface area contributed by atoms with E-state index in [1.165, 1.54) is 11.1 Å². The van der Waals surface area contributed by atoms with Gasteiger partial charge in [-0.3, -0.25) is 10.2 Å². The summed E-state index contributed by atoms with van der Waals surface area (Å²) >= 11 is 0. The molecular weight excluding hydrogens is 292 g/mol. The smallest absolute Gasteiger partial charge is 0.221 e. The van der Waals surface area contributed by atoms with Crippen molar-refractivity contribution >= 4 is 12.1 Å². The predicted molar refractivity (Wildman–Crippen MR) is 92.1 cm³/mol. The normalized spacial score (nSPS) is 9.39. The first-order valence-corrected chi connectivity index (χ1v) is 7.41. The highest BCUT2D eigenvalue weighted by atomic mass is 16.5. The lowest BCUT2D eigenvalue weighted by Gasteiger charge is -2.14.